The number of nitrogens with zero attached hydrogens (tertiary/aromatic N) is 1. The van der Waals surface area contributed by atoms with Crippen molar-refractivity contribution in [3.63, 3.8) is 0 Å². The van der Waals surface area contributed by atoms with Gasteiger partial charge in [-0.3, -0.25) is 0 Å². The van der Waals surface area contributed by atoms with Gasteiger partial charge in [-0.15, -0.1) is 0 Å². The summed E-state index contributed by atoms with van der Waals surface area (Å²) in [5.41, 5.74) is 0.125. The standard InChI is InChI=1S/C15H20N2O3S/c1-12-5-6-13(10-16)9-14(12)21(19,20)17-15(11-18)7-3-2-4-8-15/h5-6,9,17-18H,2-4,7-8,11H2,1H3. The maximum absolute atomic E-state index is 12.6. The van der Waals surface area contributed by atoms with Crippen molar-refractivity contribution in [3.05, 3.63) is 29.3 Å². The third kappa shape index (κ3) is 3.43. The average Bonchev–Trinajstić information content (AvgIpc) is 2.48. The first-order valence-electron chi connectivity index (χ1n) is 7.08. The largest absolute Gasteiger partial charge is 0.394 e. The van der Waals surface area contributed by atoms with Crippen LogP contribution in [0.15, 0.2) is 23.1 Å². The molecule has 1 aliphatic rings. The van der Waals surface area contributed by atoms with E-state index in [-0.39, 0.29) is 11.5 Å². The van der Waals surface area contributed by atoms with E-state index in [0.29, 0.717) is 24.0 Å². The van der Waals surface area contributed by atoms with Crippen molar-refractivity contribution in [2.45, 2.75) is 49.5 Å². The van der Waals surface area contributed by atoms with Crippen molar-refractivity contribution in [1.29, 1.82) is 5.26 Å². The highest BCUT2D eigenvalue weighted by molar-refractivity contribution is 7.89. The highest BCUT2D eigenvalue weighted by Crippen LogP contribution is 2.30. The van der Waals surface area contributed by atoms with E-state index >= 15 is 0 Å². The summed E-state index contributed by atoms with van der Waals surface area (Å²) in [6.45, 7) is 1.49. The lowest BCUT2D eigenvalue weighted by atomic mass is 9.83. The quantitative estimate of drug-likeness (QED) is 0.888. The van der Waals surface area contributed by atoms with Crippen LogP contribution in [0.2, 0.25) is 0 Å². The predicted octanol–water partition coefficient (Wildman–Crippen LogP) is 1.84. The molecule has 0 aromatic heterocycles. The second kappa shape index (κ2) is 6.14. The third-order valence-corrected chi connectivity index (χ3v) is 5.79. The van der Waals surface area contributed by atoms with Crippen LogP contribution in [0.1, 0.15) is 43.2 Å². The molecule has 1 aliphatic carbocycles. The zero-order valence-corrected chi connectivity index (χ0v) is 12.9. The molecule has 0 atom stereocenters. The summed E-state index contributed by atoms with van der Waals surface area (Å²) < 4.78 is 27.9. The van der Waals surface area contributed by atoms with Crippen LogP contribution in [0.4, 0.5) is 0 Å². The number of aliphatic hydroxyl groups excluding tert-OH is 1. The van der Waals surface area contributed by atoms with Crippen LogP contribution >= 0.6 is 0 Å². The van der Waals surface area contributed by atoms with E-state index in [4.69, 9.17) is 5.26 Å². The molecule has 0 spiro atoms. The number of aliphatic hydroxyl groups is 1. The Morgan fingerprint density at radius 1 is 1.33 bits per heavy atom. The van der Waals surface area contributed by atoms with Gasteiger partial charge in [0, 0.05) is 0 Å². The molecule has 0 heterocycles. The molecule has 2 rings (SSSR count). The lowest BCUT2D eigenvalue weighted by Crippen LogP contribution is -2.52. The van der Waals surface area contributed by atoms with E-state index in [9.17, 15) is 13.5 Å². The summed E-state index contributed by atoms with van der Waals surface area (Å²) in [5, 5.41) is 18.6. The molecule has 0 bridgehead atoms. The van der Waals surface area contributed by atoms with Crippen LogP contribution < -0.4 is 4.72 Å². The van der Waals surface area contributed by atoms with Crippen LogP contribution in [0.3, 0.4) is 0 Å². The highest BCUT2D eigenvalue weighted by atomic mass is 32.2. The van der Waals surface area contributed by atoms with E-state index in [1.54, 1.807) is 19.1 Å². The van der Waals surface area contributed by atoms with Gasteiger partial charge in [-0.05, 0) is 37.5 Å². The smallest absolute Gasteiger partial charge is 0.241 e. The van der Waals surface area contributed by atoms with Crippen LogP contribution in [-0.4, -0.2) is 25.7 Å². The molecule has 1 aromatic carbocycles. The number of nitriles is 1. The van der Waals surface area contributed by atoms with Gasteiger partial charge in [0.1, 0.15) is 0 Å². The molecule has 1 fully saturated rings. The molecule has 0 saturated heterocycles. The summed E-state index contributed by atoms with van der Waals surface area (Å²) in [6.07, 6.45) is 4.15. The molecule has 6 heteroatoms. The number of nitrogens with one attached hydrogen (secondary N) is 1. The zero-order valence-electron chi connectivity index (χ0n) is 12.1. The monoisotopic (exact) mass is 308 g/mol. The maximum atomic E-state index is 12.6. The summed E-state index contributed by atoms with van der Waals surface area (Å²) in [5.74, 6) is 0. The Hall–Kier alpha value is -1.42. The Labute approximate surface area is 125 Å². The van der Waals surface area contributed by atoms with E-state index in [1.165, 1.54) is 6.07 Å². The number of aryl methyl sites for hydroxylation is 1. The second-order valence-corrected chi connectivity index (χ2v) is 7.35. The molecular weight excluding hydrogens is 288 g/mol. The predicted molar refractivity (Wildman–Crippen MR) is 79.1 cm³/mol. The summed E-state index contributed by atoms with van der Waals surface area (Å²) in [6, 6.07) is 6.55. The third-order valence-electron chi connectivity index (χ3n) is 4.07. The number of rotatable bonds is 4. The lowest BCUT2D eigenvalue weighted by Gasteiger charge is -2.36. The topological polar surface area (TPSA) is 90.2 Å². The van der Waals surface area contributed by atoms with Crippen molar-refractivity contribution in [2.75, 3.05) is 6.61 Å². The molecule has 0 unspecified atom stereocenters. The first kappa shape index (κ1) is 16.0. The number of benzene rings is 1. The highest BCUT2D eigenvalue weighted by Gasteiger charge is 2.36. The van der Waals surface area contributed by atoms with Gasteiger partial charge >= 0.3 is 0 Å². The summed E-state index contributed by atoms with van der Waals surface area (Å²) >= 11 is 0. The maximum Gasteiger partial charge on any atom is 0.241 e. The lowest BCUT2D eigenvalue weighted by molar-refractivity contribution is 0.142. The van der Waals surface area contributed by atoms with Crippen molar-refractivity contribution in [2.24, 2.45) is 0 Å². The van der Waals surface area contributed by atoms with Gasteiger partial charge in [0.05, 0.1) is 28.7 Å². The fraction of sp³-hybridized carbons (Fsp3) is 0.533. The van der Waals surface area contributed by atoms with Gasteiger partial charge in [-0.2, -0.15) is 5.26 Å². The minimum absolute atomic E-state index is 0.111. The second-order valence-electron chi connectivity index (χ2n) is 5.70. The number of sulfonamides is 1. The van der Waals surface area contributed by atoms with Crippen LogP contribution in [0.25, 0.3) is 0 Å². The van der Waals surface area contributed by atoms with Crippen LogP contribution in [0, 0.1) is 18.3 Å². The fourth-order valence-electron chi connectivity index (χ4n) is 2.82. The van der Waals surface area contributed by atoms with E-state index in [2.05, 4.69) is 4.72 Å². The summed E-state index contributed by atoms with van der Waals surface area (Å²) in [7, 11) is -3.75. The first-order valence-corrected chi connectivity index (χ1v) is 8.56. The van der Waals surface area contributed by atoms with Gasteiger partial charge in [0.2, 0.25) is 10.0 Å². The van der Waals surface area contributed by atoms with Gasteiger partial charge in [-0.1, -0.05) is 25.3 Å². The van der Waals surface area contributed by atoms with E-state index < -0.39 is 15.6 Å². The molecule has 0 radical (unpaired) electrons. The molecule has 1 saturated carbocycles. The molecule has 0 aliphatic heterocycles. The summed E-state index contributed by atoms with van der Waals surface area (Å²) in [4.78, 5) is 0.111. The van der Waals surface area contributed by atoms with Gasteiger partial charge in [0.15, 0.2) is 0 Å². The molecule has 1 aromatic rings. The van der Waals surface area contributed by atoms with Crippen molar-refractivity contribution >= 4 is 10.0 Å². The molecule has 114 valence electrons. The molecule has 2 N–H and O–H groups in total. The Bertz CT molecular complexity index is 656. The van der Waals surface area contributed by atoms with Crippen molar-refractivity contribution in [3.8, 4) is 6.07 Å². The molecular formula is C15H20N2O3S. The number of hydrogen-bond donors (Lipinski definition) is 2. The van der Waals surface area contributed by atoms with E-state index in [1.807, 2.05) is 6.07 Å². The molecule has 0 amide bonds. The Morgan fingerprint density at radius 2 is 2.00 bits per heavy atom. The SMILES string of the molecule is Cc1ccc(C#N)cc1S(=O)(=O)NC1(CO)CCCCC1. The average molecular weight is 308 g/mol. The Morgan fingerprint density at radius 3 is 2.57 bits per heavy atom. The van der Waals surface area contributed by atoms with Gasteiger partial charge in [-0.25, -0.2) is 13.1 Å². The van der Waals surface area contributed by atoms with Gasteiger partial charge in [0.25, 0.3) is 0 Å². The zero-order chi connectivity index (χ0) is 15.5. The van der Waals surface area contributed by atoms with Crippen LogP contribution in [0.5, 0.6) is 0 Å². The fourth-order valence-corrected chi connectivity index (χ4v) is 4.54. The van der Waals surface area contributed by atoms with Gasteiger partial charge < -0.3 is 5.11 Å². The minimum Gasteiger partial charge on any atom is -0.394 e. The Balaban J connectivity index is 2.36. The molecule has 21 heavy (non-hydrogen) atoms. The molecule has 5 nitrogen and oxygen atoms in total. The number of hydrogen-bond acceptors (Lipinski definition) is 4. The van der Waals surface area contributed by atoms with E-state index in [0.717, 1.165) is 19.3 Å². The first-order chi connectivity index (χ1) is 9.92. The van der Waals surface area contributed by atoms with Crippen molar-refractivity contribution in [1.82, 2.24) is 4.72 Å². The normalized spacial score (nSPS) is 18.1. The minimum atomic E-state index is -3.75. The van der Waals surface area contributed by atoms with Crippen LogP contribution in [-0.2, 0) is 10.0 Å². The Kier molecular flexibility index (Phi) is 4.67. The van der Waals surface area contributed by atoms with Crippen molar-refractivity contribution < 1.29 is 13.5 Å².